The monoisotopic (exact) mass is 273 g/mol. The third kappa shape index (κ3) is 2.24. The summed E-state index contributed by atoms with van der Waals surface area (Å²) in [7, 11) is 1.60. The van der Waals surface area contributed by atoms with Crippen LogP contribution in [0, 0.1) is 6.92 Å². The molecule has 2 heterocycles. The third-order valence-corrected chi connectivity index (χ3v) is 3.40. The number of carbonyl (C=O) groups excluding carboxylic acids is 1. The van der Waals surface area contributed by atoms with Gasteiger partial charge in [-0.15, -0.1) is 0 Å². The van der Waals surface area contributed by atoms with Crippen LogP contribution in [-0.2, 0) is 0 Å². The van der Waals surface area contributed by atoms with Gasteiger partial charge in [-0.05, 0) is 31.2 Å². The van der Waals surface area contributed by atoms with Crippen LogP contribution in [0.15, 0.2) is 28.8 Å². The number of methoxy groups -OCH3 is 1. The van der Waals surface area contributed by atoms with Crippen LogP contribution in [-0.4, -0.2) is 41.1 Å². The lowest BCUT2D eigenvalue weighted by Crippen LogP contribution is -2.48. The molecule has 0 spiro atoms. The Labute approximate surface area is 116 Å². The van der Waals surface area contributed by atoms with Crippen molar-refractivity contribution in [2.75, 3.05) is 20.2 Å². The maximum absolute atomic E-state index is 12.2. The number of aromatic nitrogens is 2. The number of ether oxygens (including phenoxy) is 1. The Balaban J connectivity index is 1.62. The van der Waals surface area contributed by atoms with Crippen LogP contribution >= 0.6 is 0 Å². The zero-order valence-electron chi connectivity index (χ0n) is 11.4. The van der Waals surface area contributed by atoms with Gasteiger partial charge < -0.3 is 14.2 Å². The molecule has 1 aromatic heterocycles. The number of likely N-dealkylation sites (tertiary alicyclic amines) is 1. The number of hydrogen-bond acceptors (Lipinski definition) is 5. The highest BCUT2D eigenvalue weighted by Crippen LogP contribution is 2.27. The van der Waals surface area contributed by atoms with Crippen molar-refractivity contribution in [3.05, 3.63) is 41.5 Å². The van der Waals surface area contributed by atoms with Crippen molar-refractivity contribution in [2.45, 2.75) is 12.8 Å². The number of nitrogens with zero attached hydrogens (tertiary/aromatic N) is 3. The Bertz CT molecular complexity index is 615. The second-order valence-corrected chi connectivity index (χ2v) is 4.82. The summed E-state index contributed by atoms with van der Waals surface area (Å²) in [6.07, 6.45) is 0. The molecule has 2 aromatic rings. The summed E-state index contributed by atoms with van der Waals surface area (Å²) in [4.78, 5) is 18.2. The van der Waals surface area contributed by atoms with Gasteiger partial charge in [0, 0.05) is 18.7 Å². The average molecular weight is 273 g/mol. The van der Waals surface area contributed by atoms with Crippen LogP contribution in [0.4, 0.5) is 0 Å². The average Bonchev–Trinajstić information content (AvgIpc) is 2.83. The van der Waals surface area contributed by atoms with Gasteiger partial charge in [-0.3, -0.25) is 4.79 Å². The van der Waals surface area contributed by atoms with Crippen molar-refractivity contribution in [1.29, 1.82) is 0 Å². The second-order valence-electron chi connectivity index (χ2n) is 4.82. The minimum atomic E-state index is 0.0140. The minimum Gasteiger partial charge on any atom is -0.497 e. The molecule has 104 valence electrons. The molecule has 1 aromatic carbocycles. The SMILES string of the molecule is COc1ccc(C(=O)N2CC(c3nc(C)no3)C2)cc1. The van der Waals surface area contributed by atoms with E-state index >= 15 is 0 Å². The maximum Gasteiger partial charge on any atom is 0.253 e. The molecule has 1 saturated heterocycles. The summed E-state index contributed by atoms with van der Waals surface area (Å²) in [6.45, 7) is 3.02. The van der Waals surface area contributed by atoms with Crippen LogP contribution < -0.4 is 4.74 Å². The van der Waals surface area contributed by atoms with E-state index in [1.54, 1.807) is 43.2 Å². The molecule has 0 radical (unpaired) electrons. The van der Waals surface area contributed by atoms with Crippen LogP contribution in [0.1, 0.15) is 28.0 Å². The van der Waals surface area contributed by atoms with Gasteiger partial charge in [-0.2, -0.15) is 4.98 Å². The predicted molar refractivity (Wildman–Crippen MR) is 70.7 cm³/mol. The lowest BCUT2D eigenvalue weighted by Gasteiger charge is -2.37. The van der Waals surface area contributed by atoms with Crippen LogP contribution in [0.3, 0.4) is 0 Å². The summed E-state index contributed by atoms with van der Waals surface area (Å²) >= 11 is 0. The van der Waals surface area contributed by atoms with E-state index in [2.05, 4.69) is 10.1 Å². The van der Waals surface area contributed by atoms with Crippen LogP contribution in [0.2, 0.25) is 0 Å². The molecule has 0 saturated carbocycles. The molecule has 6 heteroatoms. The lowest BCUT2D eigenvalue weighted by molar-refractivity contribution is 0.0569. The first-order chi connectivity index (χ1) is 9.67. The minimum absolute atomic E-state index is 0.0140. The summed E-state index contributed by atoms with van der Waals surface area (Å²) in [5, 5.41) is 3.76. The number of benzene rings is 1. The molecule has 0 N–H and O–H groups in total. The third-order valence-electron chi connectivity index (χ3n) is 3.40. The quantitative estimate of drug-likeness (QED) is 0.850. The molecule has 1 fully saturated rings. The number of rotatable bonds is 3. The first kappa shape index (κ1) is 12.7. The van der Waals surface area contributed by atoms with Gasteiger partial charge in [0.05, 0.1) is 13.0 Å². The molecule has 1 aliphatic heterocycles. The molecule has 3 rings (SSSR count). The Morgan fingerprint density at radius 3 is 2.60 bits per heavy atom. The van der Waals surface area contributed by atoms with Crippen LogP contribution in [0.25, 0.3) is 0 Å². The lowest BCUT2D eigenvalue weighted by atomic mass is 9.99. The highest BCUT2D eigenvalue weighted by Gasteiger charge is 2.35. The number of hydrogen-bond donors (Lipinski definition) is 0. The molecule has 0 unspecified atom stereocenters. The van der Waals surface area contributed by atoms with Crippen molar-refractivity contribution < 1.29 is 14.1 Å². The van der Waals surface area contributed by atoms with Crippen molar-refractivity contribution in [3.8, 4) is 5.75 Å². The van der Waals surface area contributed by atoms with E-state index in [9.17, 15) is 4.79 Å². The molecular weight excluding hydrogens is 258 g/mol. The molecule has 20 heavy (non-hydrogen) atoms. The summed E-state index contributed by atoms with van der Waals surface area (Å²) in [5.41, 5.74) is 0.658. The van der Waals surface area contributed by atoms with E-state index < -0.39 is 0 Å². The van der Waals surface area contributed by atoms with E-state index in [1.165, 1.54) is 0 Å². The summed E-state index contributed by atoms with van der Waals surface area (Å²) < 4.78 is 10.2. The molecule has 1 aliphatic rings. The van der Waals surface area contributed by atoms with Gasteiger partial charge in [-0.25, -0.2) is 0 Å². The first-order valence-electron chi connectivity index (χ1n) is 6.41. The fraction of sp³-hybridized carbons (Fsp3) is 0.357. The summed E-state index contributed by atoms with van der Waals surface area (Å²) in [5.74, 6) is 2.14. The number of carbonyl (C=O) groups is 1. The zero-order chi connectivity index (χ0) is 14.1. The predicted octanol–water partition coefficient (Wildman–Crippen LogP) is 1.63. The van der Waals surface area contributed by atoms with Crippen LogP contribution in [0.5, 0.6) is 5.75 Å². The Hall–Kier alpha value is -2.37. The number of aryl methyl sites for hydroxylation is 1. The molecule has 0 aliphatic carbocycles. The van der Waals surface area contributed by atoms with Gasteiger partial charge >= 0.3 is 0 Å². The maximum atomic E-state index is 12.2. The van der Waals surface area contributed by atoms with E-state index in [-0.39, 0.29) is 11.8 Å². The van der Waals surface area contributed by atoms with Crippen molar-refractivity contribution in [3.63, 3.8) is 0 Å². The van der Waals surface area contributed by atoms with Crippen molar-refractivity contribution in [2.24, 2.45) is 0 Å². The van der Waals surface area contributed by atoms with Gasteiger partial charge in [0.2, 0.25) is 5.89 Å². The van der Waals surface area contributed by atoms with E-state index in [0.717, 1.165) is 5.75 Å². The fourth-order valence-electron chi connectivity index (χ4n) is 2.20. The standard InChI is InChI=1S/C14H15N3O3/c1-9-15-13(20-16-9)11-7-17(8-11)14(18)10-3-5-12(19-2)6-4-10/h3-6,11H,7-8H2,1-2H3. The first-order valence-corrected chi connectivity index (χ1v) is 6.41. The summed E-state index contributed by atoms with van der Waals surface area (Å²) in [6, 6.07) is 7.11. The molecular formula is C14H15N3O3. The number of amides is 1. The largest absolute Gasteiger partial charge is 0.497 e. The zero-order valence-corrected chi connectivity index (χ0v) is 11.4. The normalized spacial score (nSPS) is 15.0. The molecule has 0 atom stereocenters. The van der Waals surface area contributed by atoms with Gasteiger partial charge in [-0.1, -0.05) is 5.16 Å². The van der Waals surface area contributed by atoms with Gasteiger partial charge in [0.25, 0.3) is 5.91 Å². The highest BCUT2D eigenvalue weighted by molar-refractivity contribution is 5.95. The Kier molecular flexibility index (Phi) is 3.14. The molecule has 1 amide bonds. The van der Waals surface area contributed by atoms with Crippen molar-refractivity contribution in [1.82, 2.24) is 15.0 Å². The van der Waals surface area contributed by atoms with Crippen molar-refractivity contribution >= 4 is 5.91 Å². The smallest absolute Gasteiger partial charge is 0.253 e. The van der Waals surface area contributed by atoms with E-state index in [0.29, 0.717) is 30.4 Å². The Morgan fingerprint density at radius 1 is 1.35 bits per heavy atom. The Morgan fingerprint density at radius 2 is 2.05 bits per heavy atom. The highest BCUT2D eigenvalue weighted by atomic mass is 16.5. The van der Waals surface area contributed by atoms with E-state index in [4.69, 9.17) is 9.26 Å². The van der Waals surface area contributed by atoms with Gasteiger partial charge in [0.1, 0.15) is 5.75 Å². The molecule has 6 nitrogen and oxygen atoms in total. The topological polar surface area (TPSA) is 68.5 Å². The molecule has 0 bridgehead atoms. The fourth-order valence-corrected chi connectivity index (χ4v) is 2.20. The van der Waals surface area contributed by atoms with Gasteiger partial charge in [0.15, 0.2) is 5.82 Å². The van der Waals surface area contributed by atoms with E-state index in [1.807, 2.05) is 0 Å². The second kappa shape index (κ2) is 4.96.